The first-order valence-corrected chi connectivity index (χ1v) is 10.7. The van der Waals surface area contributed by atoms with Crippen LogP contribution < -0.4 is 15.8 Å². The molecule has 2 aliphatic carbocycles. The smallest absolute Gasteiger partial charge is 0.223 e. The van der Waals surface area contributed by atoms with E-state index >= 15 is 0 Å². The van der Waals surface area contributed by atoms with Crippen molar-refractivity contribution in [1.82, 2.24) is 10.3 Å². The van der Waals surface area contributed by atoms with Crippen LogP contribution in [0.1, 0.15) is 48.8 Å². The van der Waals surface area contributed by atoms with Gasteiger partial charge in [0, 0.05) is 30.8 Å². The first-order valence-electron chi connectivity index (χ1n) is 10.7. The summed E-state index contributed by atoms with van der Waals surface area (Å²) in [5.74, 6) is 2.63. The van der Waals surface area contributed by atoms with Crippen molar-refractivity contribution in [2.45, 2.75) is 58.5 Å². The second-order valence-corrected chi connectivity index (χ2v) is 8.72. The number of rotatable bonds is 5. The molecule has 2 aromatic rings. The van der Waals surface area contributed by atoms with Crippen molar-refractivity contribution in [3.8, 4) is 11.6 Å². The molecule has 5 nitrogen and oxygen atoms in total. The molecule has 1 aromatic carbocycles. The van der Waals surface area contributed by atoms with Crippen molar-refractivity contribution in [3.05, 3.63) is 53.2 Å². The van der Waals surface area contributed by atoms with Crippen LogP contribution in [0.3, 0.4) is 0 Å². The van der Waals surface area contributed by atoms with E-state index in [2.05, 4.69) is 23.3 Å². The van der Waals surface area contributed by atoms with Crippen LogP contribution >= 0.6 is 0 Å². The fourth-order valence-electron chi connectivity index (χ4n) is 4.90. The maximum atomic E-state index is 12.8. The molecule has 154 valence electrons. The summed E-state index contributed by atoms with van der Waals surface area (Å²) < 4.78 is 5.98. The molecular formula is C24H31N3O2. The Morgan fingerprint density at radius 1 is 1.21 bits per heavy atom. The third-order valence-electron chi connectivity index (χ3n) is 6.82. The van der Waals surface area contributed by atoms with Gasteiger partial charge >= 0.3 is 0 Å². The third-order valence-corrected chi connectivity index (χ3v) is 6.82. The highest BCUT2D eigenvalue weighted by Crippen LogP contribution is 2.41. The van der Waals surface area contributed by atoms with Crippen LogP contribution in [-0.2, 0) is 11.3 Å². The van der Waals surface area contributed by atoms with Crippen molar-refractivity contribution < 1.29 is 9.53 Å². The van der Waals surface area contributed by atoms with Crippen molar-refractivity contribution in [2.24, 2.45) is 23.5 Å². The second kappa shape index (κ2) is 8.54. The standard InChI is InChI=1S/C24H31N3O2/c1-15-5-3-8-21(16(15)2)29-22-11-17(9-10-26-22)14-27-24(28)20-12-18-6-4-7-19(13-20)23(18)25/h3,5,8-11,18-20,23H,4,6-7,12-14,25H2,1-2H3,(H,27,28). The van der Waals surface area contributed by atoms with Crippen molar-refractivity contribution >= 4 is 5.91 Å². The summed E-state index contributed by atoms with van der Waals surface area (Å²) in [6, 6.07) is 10.1. The van der Waals surface area contributed by atoms with Crippen LogP contribution in [-0.4, -0.2) is 16.9 Å². The van der Waals surface area contributed by atoms with E-state index in [1.54, 1.807) is 6.20 Å². The number of fused-ring (bicyclic) bond motifs is 2. The summed E-state index contributed by atoms with van der Waals surface area (Å²) in [4.78, 5) is 17.1. The van der Waals surface area contributed by atoms with E-state index in [0.717, 1.165) is 29.7 Å². The SMILES string of the molecule is Cc1cccc(Oc2cc(CNC(=O)C3CC4CCCC(C3)C4N)ccn2)c1C. The molecule has 0 aliphatic heterocycles. The number of amides is 1. The number of hydrogen-bond acceptors (Lipinski definition) is 4. The van der Waals surface area contributed by atoms with Crippen LogP contribution in [0.5, 0.6) is 11.6 Å². The predicted octanol–water partition coefficient (Wildman–Crippen LogP) is 4.26. The van der Waals surface area contributed by atoms with Gasteiger partial charge in [-0.05, 0) is 80.2 Å². The van der Waals surface area contributed by atoms with E-state index in [-0.39, 0.29) is 17.9 Å². The minimum Gasteiger partial charge on any atom is -0.439 e. The number of benzene rings is 1. The van der Waals surface area contributed by atoms with Gasteiger partial charge in [-0.3, -0.25) is 4.79 Å². The highest BCUT2D eigenvalue weighted by molar-refractivity contribution is 5.78. The summed E-state index contributed by atoms with van der Waals surface area (Å²) in [5, 5.41) is 3.12. The number of nitrogens with one attached hydrogen (secondary N) is 1. The number of carbonyl (C=O) groups is 1. The van der Waals surface area contributed by atoms with Crippen molar-refractivity contribution in [1.29, 1.82) is 0 Å². The van der Waals surface area contributed by atoms with E-state index in [0.29, 0.717) is 24.3 Å². The molecule has 1 heterocycles. The first kappa shape index (κ1) is 19.9. The minimum atomic E-state index is 0.0950. The number of aromatic nitrogens is 1. The fourth-order valence-corrected chi connectivity index (χ4v) is 4.90. The number of hydrogen-bond donors (Lipinski definition) is 2. The summed E-state index contributed by atoms with van der Waals surface area (Å²) in [6.45, 7) is 4.59. The molecule has 2 fully saturated rings. The predicted molar refractivity (Wildman–Crippen MR) is 114 cm³/mol. The Morgan fingerprint density at radius 2 is 1.97 bits per heavy atom. The zero-order chi connectivity index (χ0) is 20.4. The molecule has 1 amide bonds. The molecule has 29 heavy (non-hydrogen) atoms. The highest BCUT2D eigenvalue weighted by Gasteiger charge is 2.40. The number of nitrogens with two attached hydrogens (primary N) is 1. The molecule has 2 unspecified atom stereocenters. The van der Waals surface area contributed by atoms with E-state index < -0.39 is 0 Å². The largest absolute Gasteiger partial charge is 0.439 e. The molecule has 0 spiro atoms. The Labute approximate surface area is 173 Å². The number of carbonyl (C=O) groups excluding carboxylic acids is 1. The molecule has 0 saturated heterocycles. The number of aryl methyl sites for hydroxylation is 1. The van der Waals surface area contributed by atoms with E-state index in [1.165, 1.54) is 24.8 Å². The minimum absolute atomic E-state index is 0.0950. The van der Waals surface area contributed by atoms with Crippen LogP contribution in [0.15, 0.2) is 36.5 Å². The van der Waals surface area contributed by atoms with Crippen molar-refractivity contribution in [3.63, 3.8) is 0 Å². The zero-order valence-electron chi connectivity index (χ0n) is 17.4. The number of nitrogens with zero attached hydrogens (tertiary/aromatic N) is 1. The van der Waals surface area contributed by atoms with Gasteiger partial charge < -0.3 is 15.8 Å². The summed E-state index contributed by atoms with van der Waals surface area (Å²) in [5.41, 5.74) is 9.64. The summed E-state index contributed by atoms with van der Waals surface area (Å²) in [7, 11) is 0. The van der Waals surface area contributed by atoms with Crippen molar-refractivity contribution in [2.75, 3.05) is 0 Å². The zero-order valence-corrected chi connectivity index (χ0v) is 17.4. The van der Waals surface area contributed by atoms with Crippen LogP contribution in [0.2, 0.25) is 0 Å². The van der Waals surface area contributed by atoms with E-state index in [4.69, 9.17) is 10.5 Å². The van der Waals surface area contributed by atoms with Gasteiger partial charge in [0.2, 0.25) is 11.8 Å². The molecule has 2 atom stereocenters. The Hall–Kier alpha value is -2.40. The van der Waals surface area contributed by atoms with Crippen LogP contribution in [0.4, 0.5) is 0 Å². The van der Waals surface area contributed by atoms with Gasteiger partial charge in [0.25, 0.3) is 0 Å². The molecule has 0 radical (unpaired) electrons. The maximum Gasteiger partial charge on any atom is 0.223 e. The van der Waals surface area contributed by atoms with Crippen LogP contribution in [0, 0.1) is 31.6 Å². The lowest BCUT2D eigenvalue weighted by molar-refractivity contribution is -0.128. The van der Waals surface area contributed by atoms with Gasteiger partial charge in [-0.15, -0.1) is 0 Å². The monoisotopic (exact) mass is 393 g/mol. The lowest BCUT2D eigenvalue weighted by Crippen LogP contribution is -2.49. The van der Waals surface area contributed by atoms with Gasteiger partial charge in [-0.1, -0.05) is 18.6 Å². The number of pyridine rings is 1. The lowest BCUT2D eigenvalue weighted by atomic mass is 9.65. The Bertz CT molecular complexity index is 868. The molecule has 4 rings (SSSR count). The van der Waals surface area contributed by atoms with E-state index in [1.807, 2.05) is 31.2 Å². The second-order valence-electron chi connectivity index (χ2n) is 8.72. The normalized spacial score (nSPS) is 26.0. The Morgan fingerprint density at radius 3 is 2.72 bits per heavy atom. The topological polar surface area (TPSA) is 77.2 Å². The quantitative estimate of drug-likeness (QED) is 0.796. The van der Waals surface area contributed by atoms with Crippen LogP contribution in [0.25, 0.3) is 0 Å². The van der Waals surface area contributed by atoms with Gasteiger partial charge in [-0.25, -0.2) is 4.98 Å². The third kappa shape index (κ3) is 4.45. The van der Waals surface area contributed by atoms with Gasteiger partial charge in [0.15, 0.2) is 0 Å². The maximum absolute atomic E-state index is 12.8. The van der Waals surface area contributed by atoms with E-state index in [9.17, 15) is 4.79 Å². The molecular weight excluding hydrogens is 362 g/mol. The molecule has 2 aliphatic rings. The summed E-state index contributed by atoms with van der Waals surface area (Å²) in [6.07, 6.45) is 7.20. The first-order chi connectivity index (χ1) is 14.0. The Kier molecular flexibility index (Phi) is 5.86. The lowest BCUT2D eigenvalue weighted by Gasteiger charge is -2.43. The molecule has 2 bridgehead atoms. The van der Waals surface area contributed by atoms with Gasteiger partial charge in [0.1, 0.15) is 5.75 Å². The molecule has 2 saturated carbocycles. The fraction of sp³-hybridized carbons (Fsp3) is 0.500. The molecule has 5 heteroatoms. The highest BCUT2D eigenvalue weighted by atomic mass is 16.5. The summed E-state index contributed by atoms with van der Waals surface area (Å²) >= 11 is 0. The van der Waals surface area contributed by atoms with Gasteiger partial charge in [0.05, 0.1) is 0 Å². The number of ether oxygens (including phenoxy) is 1. The molecule has 3 N–H and O–H groups in total. The average Bonchev–Trinajstić information content (AvgIpc) is 2.70. The average molecular weight is 394 g/mol. The Balaban J connectivity index is 1.36. The van der Waals surface area contributed by atoms with Gasteiger partial charge in [-0.2, -0.15) is 0 Å². The molecule has 1 aromatic heterocycles.